The Morgan fingerprint density at radius 2 is 2.26 bits per heavy atom. The minimum absolute atomic E-state index is 0.0501. The Hall–Kier alpha value is -1.89. The lowest BCUT2D eigenvalue weighted by atomic mass is 10.1. The Morgan fingerprint density at radius 3 is 2.96 bits per heavy atom. The second kappa shape index (κ2) is 8.10. The predicted molar refractivity (Wildman–Crippen MR) is 83.1 cm³/mol. The summed E-state index contributed by atoms with van der Waals surface area (Å²) in [5.41, 5.74) is 0.936. The molecule has 1 unspecified atom stereocenters. The first-order valence-corrected chi connectivity index (χ1v) is 7.73. The summed E-state index contributed by atoms with van der Waals surface area (Å²) in [5.74, 6) is 0.0589. The molecule has 2 amide bonds. The van der Waals surface area contributed by atoms with Crippen LogP contribution in [-0.2, 0) is 4.74 Å². The highest BCUT2D eigenvalue weighted by Crippen LogP contribution is 2.27. The maximum Gasteiger partial charge on any atom is 0.387 e. The molecule has 7 heteroatoms. The second-order valence-electron chi connectivity index (χ2n) is 5.40. The molecular formula is C16H22F2N2O3. The summed E-state index contributed by atoms with van der Waals surface area (Å²) in [6.07, 6.45) is 1.87. The van der Waals surface area contributed by atoms with Gasteiger partial charge in [-0.05, 0) is 38.8 Å². The average molecular weight is 328 g/mol. The van der Waals surface area contributed by atoms with Gasteiger partial charge >= 0.3 is 12.6 Å². The van der Waals surface area contributed by atoms with Crippen LogP contribution in [0, 0.1) is 6.92 Å². The molecule has 128 valence electrons. The van der Waals surface area contributed by atoms with Gasteiger partial charge in [0.15, 0.2) is 0 Å². The molecule has 0 aliphatic carbocycles. The van der Waals surface area contributed by atoms with E-state index >= 15 is 0 Å². The van der Waals surface area contributed by atoms with Gasteiger partial charge in [-0.3, -0.25) is 0 Å². The second-order valence-corrected chi connectivity index (χ2v) is 5.40. The molecule has 1 atom stereocenters. The van der Waals surface area contributed by atoms with E-state index in [0.29, 0.717) is 30.9 Å². The molecule has 2 rings (SSSR count). The number of anilines is 1. The highest BCUT2D eigenvalue weighted by atomic mass is 19.3. The Kier molecular flexibility index (Phi) is 6.15. The third-order valence-corrected chi connectivity index (χ3v) is 3.81. The van der Waals surface area contributed by atoms with Crippen LogP contribution in [0.5, 0.6) is 5.75 Å². The van der Waals surface area contributed by atoms with Crippen LogP contribution in [0.2, 0.25) is 0 Å². The number of alkyl halides is 2. The summed E-state index contributed by atoms with van der Waals surface area (Å²) in [6, 6.07) is 4.42. The van der Waals surface area contributed by atoms with Crippen LogP contribution in [0.4, 0.5) is 19.3 Å². The molecule has 5 nitrogen and oxygen atoms in total. The van der Waals surface area contributed by atoms with Crippen molar-refractivity contribution in [3.8, 4) is 5.75 Å². The van der Waals surface area contributed by atoms with Crippen molar-refractivity contribution in [3.05, 3.63) is 23.8 Å². The van der Waals surface area contributed by atoms with Gasteiger partial charge in [0.25, 0.3) is 0 Å². The van der Waals surface area contributed by atoms with E-state index in [1.165, 1.54) is 6.07 Å². The Balaban J connectivity index is 2.02. The molecule has 0 spiro atoms. The zero-order valence-electron chi connectivity index (χ0n) is 13.4. The number of carbonyl (C=O) groups is 1. The average Bonchev–Trinajstić information content (AvgIpc) is 2.51. The summed E-state index contributed by atoms with van der Waals surface area (Å²) in [7, 11) is 0. The number of halogens is 2. The number of piperidine rings is 1. The molecule has 1 saturated heterocycles. The van der Waals surface area contributed by atoms with E-state index in [1.807, 2.05) is 6.92 Å². The van der Waals surface area contributed by atoms with E-state index in [-0.39, 0.29) is 17.9 Å². The molecular weight excluding hydrogens is 306 g/mol. The van der Waals surface area contributed by atoms with Crippen LogP contribution in [0.25, 0.3) is 0 Å². The molecule has 1 heterocycles. The Bertz CT molecular complexity index is 538. The largest absolute Gasteiger partial charge is 0.434 e. The lowest BCUT2D eigenvalue weighted by Gasteiger charge is -2.32. The van der Waals surface area contributed by atoms with Crippen molar-refractivity contribution < 1.29 is 23.0 Å². The maximum absolute atomic E-state index is 12.4. The number of carbonyl (C=O) groups excluding carboxylic acids is 1. The van der Waals surface area contributed by atoms with Gasteiger partial charge < -0.3 is 19.7 Å². The smallest absolute Gasteiger partial charge is 0.387 e. The first-order valence-electron chi connectivity index (χ1n) is 7.73. The van der Waals surface area contributed by atoms with Gasteiger partial charge in [-0.15, -0.1) is 0 Å². The molecule has 1 aliphatic heterocycles. The predicted octanol–water partition coefficient (Wildman–Crippen LogP) is 3.63. The zero-order valence-corrected chi connectivity index (χ0v) is 13.4. The van der Waals surface area contributed by atoms with Gasteiger partial charge in [0, 0.05) is 30.9 Å². The van der Waals surface area contributed by atoms with Crippen LogP contribution in [0.1, 0.15) is 25.3 Å². The molecule has 0 aromatic heterocycles. The van der Waals surface area contributed by atoms with Gasteiger partial charge in [0.2, 0.25) is 0 Å². The van der Waals surface area contributed by atoms with Crippen LogP contribution in [-0.4, -0.2) is 43.3 Å². The fourth-order valence-electron chi connectivity index (χ4n) is 2.66. The number of urea groups is 1. The monoisotopic (exact) mass is 328 g/mol. The van der Waals surface area contributed by atoms with Crippen molar-refractivity contribution in [2.24, 2.45) is 0 Å². The summed E-state index contributed by atoms with van der Waals surface area (Å²) < 4.78 is 34.8. The number of nitrogens with zero attached hydrogens (tertiary/aromatic N) is 1. The molecule has 0 bridgehead atoms. The van der Waals surface area contributed by atoms with Crippen molar-refractivity contribution in [2.45, 2.75) is 39.4 Å². The zero-order chi connectivity index (χ0) is 16.8. The van der Waals surface area contributed by atoms with E-state index in [1.54, 1.807) is 24.0 Å². The fourth-order valence-corrected chi connectivity index (χ4v) is 2.66. The molecule has 0 radical (unpaired) electrons. The number of hydrogen-bond donors (Lipinski definition) is 1. The normalized spacial score (nSPS) is 18.1. The fraction of sp³-hybridized carbons (Fsp3) is 0.562. The number of amides is 2. The lowest BCUT2D eigenvalue weighted by molar-refractivity contribution is -0.0502. The van der Waals surface area contributed by atoms with Crippen molar-refractivity contribution in [1.82, 2.24) is 4.90 Å². The topological polar surface area (TPSA) is 50.8 Å². The molecule has 1 fully saturated rings. The lowest BCUT2D eigenvalue weighted by Crippen LogP contribution is -2.45. The highest BCUT2D eigenvalue weighted by molar-refractivity contribution is 5.90. The molecule has 23 heavy (non-hydrogen) atoms. The van der Waals surface area contributed by atoms with Crippen LogP contribution < -0.4 is 10.1 Å². The molecule has 1 aromatic rings. The van der Waals surface area contributed by atoms with Gasteiger partial charge in [-0.1, -0.05) is 6.07 Å². The third-order valence-electron chi connectivity index (χ3n) is 3.81. The van der Waals surface area contributed by atoms with Crippen LogP contribution >= 0.6 is 0 Å². The Morgan fingerprint density at radius 1 is 1.48 bits per heavy atom. The third kappa shape index (κ3) is 4.79. The van der Waals surface area contributed by atoms with Gasteiger partial charge in [-0.2, -0.15) is 8.78 Å². The number of ether oxygens (including phenoxy) is 2. The number of likely N-dealkylation sites (tertiary alicyclic amines) is 1. The summed E-state index contributed by atoms with van der Waals surface area (Å²) in [4.78, 5) is 14.1. The van der Waals surface area contributed by atoms with Gasteiger partial charge in [-0.25, -0.2) is 4.79 Å². The van der Waals surface area contributed by atoms with Crippen molar-refractivity contribution >= 4 is 11.7 Å². The quantitative estimate of drug-likeness (QED) is 0.898. The minimum atomic E-state index is -2.89. The van der Waals surface area contributed by atoms with Crippen molar-refractivity contribution in [2.75, 3.05) is 25.0 Å². The number of nitrogens with one attached hydrogen (secondary N) is 1. The van der Waals surface area contributed by atoms with E-state index in [9.17, 15) is 13.6 Å². The summed E-state index contributed by atoms with van der Waals surface area (Å²) in [6.45, 7) is 2.47. The molecule has 1 N–H and O–H groups in total. The SMILES string of the molecule is CCOC1CCCN(C(=O)Nc2cccc(OC(F)F)c2C)C1. The highest BCUT2D eigenvalue weighted by Gasteiger charge is 2.24. The van der Waals surface area contributed by atoms with E-state index < -0.39 is 6.61 Å². The van der Waals surface area contributed by atoms with Crippen LogP contribution in [0.15, 0.2) is 18.2 Å². The Labute approximate surface area is 134 Å². The standard InChI is InChI=1S/C16H22F2N2O3/c1-3-22-12-6-5-9-20(10-12)16(21)19-13-7-4-8-14(11(13)2)23-15(17)18/h4,7-8,12,15H,3,5-6,9-10H2,1-2H3,(H,19,21). The van der Waals surface area contributed by atoms with Gasteiger partial charge in [0.05, 0.1) is 6.10 Å². The van der Waals surface area contributed by atoms with Gasteiger partial charge in [0.1, 0.15) is 5.75 Å². The number of hydrogen-bond acceptors (Lipinski definition) is 3. The summed E-state index contributed by atoms with van der Waals surface area (Å²) in [5, 5.41) is 2.76. The first kappa shape index (κ1) is 17.5. The molecule has 1 aromatic carbocycles. The van der Waals surface area contributed by atoms with E-state index in [0.717, 1.165) is 12.8 Å². The van der Waals surface area contributed by atoms with Crippen molar-refractivity contribution in [1.29, 1.82) is 0 Å². The van der Waals surface area contributed by atoms with E-state index in [2.05, 4.69) is 10.1 Å². The minimum Gasteiger partial charge on any atom is -0.434 e. The maximum atomic E-state index is 12.4. The first-order chi connectivity index (χ1) is 11.0. The number of rotatable bonds is 5. The molecule has 0 saturated carbocycles. The van der Waals surface area contributed by atoms with E-state index in [4.69, 9.17) is 4.74 Å². The molecule has 1 aliphatic rings. The van der Waals surface area contributed by atoms with Crippen molar-refractivity contribution in [3.63, 3.8) is 0 Å². The number of benzene rings is 1. The summed E-state index contributed by atoms with van der Waals surface area (Å²) >= 11 is 0. The van der Waals surface area contributed by atoms with Crippen LogP contribution in [0.3, 0.4) is 0 Å².